The first-order chi connectivity index (χ1) is 10.0. The summed E-state index contributed by atoms with van der Waals surface area (Å²) in [6.07, 6.45) is 4.52. The molecular formula is C14H18N4O2S. The normalized spacial score (nSPS) is 19.6. The van der Waals surface area contributed by atoms with Crippen molar-refractivity contribution in [2.75, 3.05) is 6.54 Å². The van der Waals surface area contributed by atoms with Crippen LogP contribution in [-0.2, 0) is 16.1 Å². The lowest BCUT2D eigenvalue weighted by Crippen LogP contribution is -2.58. The number of hydrogen-bond acceptors (Lipinski definition) is 4. The zero-order chi connectivity index (χ0) is 15.0. The van der Waals surface area contributed by atoms with Crippen LogP contribution in [0.3, 0.4) is 0 Å². The molecule has 1 atom stereocenters. The number of carbonyl (C=O) groups excluding carboxylic acids is 2. The van der Waals surface area contributed by atoms with Crippen molar-refractivity contribution in [3.05, 3.63) is 23.5 Å². The summed E-state index contributed by atoms with van der Waals surface area (Å²) in [5, 5.41) is 4.64. The lowest BCUT2D eigenvalue weighted by atomic mass is 9.99. The van der Waals surface area contributed by atoms with Gasteiger partial charge in [0.25, 0.3) is 0 Å². The number of imidazole rings is 1. The van der Waals surface area contributed by atoms with Crippen LogP contribution in [0, 0.1) is 5.92 Å². The Bertz CT molecular complexity index is 647. The minimum absolute atomic E-state index is 0.0448. The Morgan fingerprint density at radius 2 is 2.29 bits per heavy atom. The second-order valence-electron chi connectivity index (χ2n) is 5.71. The molecule has 0 saturated carbocycles. The fourth-order valence-corrected chi connectivity index (χ4v) is 3.32. The van der Waals surface area contributed by atoms with E-state index < -0.39 is 6.04 Å². The monoisotopic (exact) mass is 306 g/mol. The Morgan fingerprint density at radius 3 is 3.00 bits per heavy atom. The Kier molecular flexibility index (Phi) is 3.67. The molecule has 3 rings (SSSR count). The second-order valence-corrected chi connectivity index (χ2v) is 6.58. The molecule has 0 spiro atoms. The molecule has 1 N–H and O–H groups in total. The van der Waals surface area contributed by atoms with Crippen molar-refractivity contribution in [3.8, 4) is 0 Å². The van der Waals surface area contributed by atoms with E-state index in [0.717, 1.165) is 10.7 Å². The molecule has 1 aliphatic heterocycles. The van der Waals surface area contributed by atoms with Gasteiger partial charge in [-0.3, -0.25) is 14.0 Å². The predicted molar refractivity (Wildman–Crippen MR) is 79.9 cm³/mol. The first-order valence-corrected chi connectivity index (χ1v) is 7.91. The van der Waals surface area contributed by atoms with Gasteiger partial charge in [-0.1, -0.05) is 13.8 Å². The van der Waals surface area contributed by atoms with Crippen molar-refractivity contribution in [1.82, 2.24) is 19.6 Å². The van der Waals surface area contributed by atoms with E-state index in [1.807, 2.05) is 22.2 Å². The maximum absolute atomic E-state index is 12.2. The van der Waals surface area contributed by atoms with E-state index in [9.17, 15) is 9.59 Å². The second kappa shape index (κ2) is 5.48. The average Bonchev–Trinajstić information content (AvgIpc) is 2.98. The van der Waals surface area contributed by atoms with Crippen LogP contribution < -0.4 is 5.32 Å². The van der Waals surface area contributed by atoms with Gasteiger partial charge in [-0.25, -0.2) is 4.98 Å². The van der Waals surface area contributed by atoms with Crippen molar-refractivity contribution in [1.29, 1.82) is 0 Å². The number of fused-ring (bicyclic) bond motifs is 1. The van der Waals surface area contributed by atoms with E-state index in [0.29, 0.717) is 18.9 Å². The van der Waals surface area contributed by atoms with Gasteiger partial charge in [-0.2, -0.15) is 0 Å². The van der Waals surface area contributed by atoms with Gasteiger partial charge in [0.2, 0.25) is 11.8 Å². The zero-order valence-electron chi connectivity index (χ0n) is 12.1. The molecule has 2 aromatic heterocycles. The van der Waals surface area contributed by atoms with Crippen LogP contribution in [0.5, 0.6) is 0 Å². The van der Waals surface area contributed by atoms with Crippen LogP contribution in [0.25, 0.3) is 4.96 Å². The van der Waals surface area contributed by atoms with Crippen LogP contribution in [0.4, 0.5) is 0 Å². The van der Waals surface area contributed by atoms with Gasteiger partial charge in [0.15, 0.2) is 4.96 Å². The summed E-state index contributed by atoms with van der Waals surface area (Å²) in [6.45, 7) is 4.57. The van der Waals surface area contributed by atoms with E-state index in [-0.39, 0.29) is 18.4 Å². The van der Waals surface area contributed by atoms with Crippen molar-refractivity contribution in [2.45, 2.75) is 32.9 Å². The summed E-state index contributed by atoms with van der Waals surface area (Å²) >= 11 is 1.55. The van der Waals surface area contributed by atoms with E-state index in [1.165, 1.54) is 0 Å². The Morgan fingerprint density at radius 1 is 1.48 bits per heavy atom. The maximum Gasteiger partial charge on any atom is 0.243 e. The number of piperazine rings is 1. The number of aromatic nitrogens is 2. The van der Waals surface area contributed by atoms with Crippen molar-refractivity contribution >= 4 is 28.1 Å². The smallest absolute Gasteiger partial charge is 0.243 e. The van der Waals surface area contributed by atoms with Gasteiger partial charge in [-0.05, 0) is 12.3 Å². The van der Waals surface area contributed by atoms with Gasteiger partial charge in [0.1, 0.15) is 6.04 Å². The third-order valence-corrected chi connectivity index (χ3v) is 4.35. The van der Waals surface area contributed by atoms with Crippen LogP contribution in [-0.4, -0.2) is 38.7 Å². The molecule has 1 aliphatic rings. The summed E-state index contributed by atoms with van der Waals surface area (Å²) in [5.74, 6) is 0.237. The number of thiazole rings is 1. The quantitative estimate of drug-likeness (QED) is 0.925. The summed E-state index contributed by atoms with van der Waals surface area (Å²) in [6, 6.07) is -0.397. The summed E-state index contributed by atoms with van der Waals surface area (Å²) in [4.78, 5) is 31.3. The van der Waals surface area contributed by atoms with Gasteiger partial charge < -0.3 is 10.2 Å². The minimum Gasteiger partial charge on any atom is -0.345 e. The summed E-state index contributed by atoms with van der Waals surface area (Å²) in [5.41, 5.74) is 0.818. The van der Waals surface area contributed by atoms with Crippen molar-refractivity contribution < 1.29 is 9.59 Å². The predicted octanol–water partition coefficient (Wildman–Crippen LogP) is 1.27. The van der Waals surface area contributed by atoms with E-state index >= 15 is 0 Å². The lowest BCUT2D eigenvalue weighted by molar-refractivity contribution is -0.146. The molecular weight excluding hydrogens is 288 g/mol. The van der Waals surface area contributed by atoms with Gasteiger partial charge in [-0.15, -0.1) is 11.3 Å². The fourth-order valence-electron chi connectivity index (χ4n) is 2.60. The first-order valence-electron chi connectivity index (χ1n) is 7.03. The number of nitrogens with zero attached hydrogens (tertiary/aromatic N) is 3. The molecule has 0 aromatic carbocycles. The van der Waals surface area contributed by atoms with Crippen molar-refractivity contribution in [3.63, 3.8) is 0 Å². The summed E-state index contributed by atoms with van der Waals surface area (Å²) < 4.78 is 1.94. The molecule has 7 heteroatoms. The minimum atomic E-state index is -0.397. The standard InChI is InChI=1S/C14H18N4O2S/c1-9(2)5-11-13(20)15-6-12(19)18(11)8-10-7-17-3-4-21-14(17)16-10/h3-4,7,9,11H,5-6,8H2,1-2H3,(H,15,20). The number of amides is 2. The molecule has 6 nitrogen and oxygen atoms in total. The Hall–Kier alpha value is -1.89. The number of hydrogen-bond donors (Lipinski definition) is 1. The lowest BCUT2D eigenvalue weighted by Gasteiger charge is -2.35. The molecule has 1 fully saturated rings. The van der Waals surface area contributed by atoms with E-state index in [4.69, 9.17) is 0 Å². The van der Waals surface area contributed by atoms with E-state index in [1.54, 1.807) is 16.2 Å². The SMILES string of the molecule is CC(C)CC1C(=O)NCC(=O)N1Cc1cn2ccsc2n1. The third kappa shape index (κ3) is 2.78. The molecule has 1 saturated heterocycles. The third-order valence-electron chi connectivity index (χ3n) is 3.58. The van der Waals surface area contributed by atoms with Crippen LogP contribution >= 0.6 is 11.3 Å². The largest absolute Gasteiger partial charge is 0.345 e. The number of rotatable bonds is 4. The van der Waals surface area contributed by atoms with Crippen LogP contribution in [0.15, 0.2) is 17.8 Å². The van der Waals surface area contributed by atoms with Gasteiger partial charge in [0, 0.05) is 17.8 Å². The molecule has 2 amide bonds. The molecule has 21 heavy (non-hydrogen) atoms. The molecule has 112 valence electrons. The fraction of sp³-hybridized carbons (Fsp3) is 0.500. The average molecular weight is 306 g/mol. The highest BCUT2D eigenvalue weighted by molar-refractivity contribution is 7.15. The highest BCUT2D eigenvalue weighted by atomic mass is 32.1. The van der Waals surface area contributed by atoms with Crippen molar-refractivity contribution in [2.24, 2.45) is 5.92 Å². The van der Waals surface area contributed by atoms with E-state index in [2.05, 4.69) is 24.1 Å². The number of nitrogens with one attached hydrogen (secondary N) is 1. The Balaban J connectivity index is 1.83. The molecule has 3 heterocycles. The molecule has 0 bridgehead atoms. The first kappa shape index (κ1) is 14.1. The van der Waals surface area contributed by atoms with Gasteiger partial charge in [0.05, 0.1) is 18.8 Å². The molecule has 0 radical (unpaired) electrons. The maximum atomic E-state index is 12.2. The Labute approximate surface area is 126 Å². The molecule has 0 aliphatic carbocycles. The highest BCUT2D eigenvalue weighted by Crippen LogP contribution is 2.19. The highest BCUT2D eigenvalue weighted by Gasteiger charge is 2.35. The topological polar surface area (TPSA) is 66.7 Å². The van der Waals surface area contributed by atoms with Crippen LogP contribution in [0.2, 0.25) is 0 Å². The number of carbonyl (C=O) groups is 2. The summed E-state index contributed by atoms with van der Waals surface area (Å²) in [7, 11) is 0. The molecule has 2 aromatic rings. The van der Waals surface area contributed by atoms with Crippen LogP contribution in [0.1, 0.15) is 26.0 Å². The van der Waals surface area contributed by atoms with Gasteiger partial charge >= 0.3 is 0 Å². The molecule has 1 unspecified atom stereocenters. The zero-order valence-corrected chi connectivity index (χ0v) is 12.9.